The highest BCUT2D eigenvalue weighted by Crippen LogP contribution is 2.38. The summed E-state index contributed by atoms with van der Waals surface area (Å²) in [5, 5.41) is 18.0. The van der Waals surface area contributed by atoms with Crippen LogP contribution in [0, 0.1) is 0 Å². The van der Waals surface area contributed by atoms with Crippen LogP contribution in [0.4, 0.5) is 0 Å². The Morgan fingerprint density at radius 2 is 1.83 bits per heavy atom. The molecule has 2 aromatic heterocycles. The zero-order chi connectivity index (χ0) is 25.2. The van der Waals surface area contributed by atoms with Gasteiger partial charge >= 0.3 is 0 Å². The van der Waals surface area contributed by atoms with Crippen LogP contribution in [0.1, 0.15) is 112 Å². The summed E-state index contributed by atoms with van der Waals surface area (Å²) in [5.74, 6) is 3.61. The summed E-state index contributed by atoms with van der Waals surface area (Å²) in [6.45, 7) is 7.01. The van der Waals surface area contributed by atoms with Crippen LogP contribution in [0.15, 0.2) is 30.5 Å². The maximum atomic E-state index is 6.25. The third-order valence-corrected chi connectivity index (χ3v) is 7.75. The van der Waals surface area contributed by atoms with Crippen molar-refractivity contribution in [2.75, 3.05) is 6.61 Å². The van der Waals surface area contributed by atoms with Gasteiger partial charge in [0.2, 0.25) is 0 Å². The van der Waals surface area contributed by atoms with E-state index in [9.17, 15) is 0 Å². The number of hydrogen-bond donors (Lipinski definition) is 1. The first-order chi connectivity index (χ1) is 17.4. The third kappa shape index (κ3) is 5.32. The lowest BCUT2D eigenvalue weighted by Gasteiger charge is -2.28. The number of aromatic nitrogens is 6. The molecule has 1 aromatic carbocycles. The zero-order valence-corrected chi connectivity index (χ0v) is 21.9. The summed E-state index contributed by atoms with van der Waals surface area (Å²) in [5.41, 5.74) is 8.15. The number of benzene rings is 1. The van der Waals surface area contributed by atoms with Gasteiger partial charge in [0, 0.05) is 19.0 Å². The summed E-state index contributed by atoms with van der Waals surface area (Å²) < 4.78 is 16.3. The van der Waals surface area contributed by atoms with Gasteiger partial charge < -0.3 is 19.8 Å². The first-order valence-electron chi connectivity index (χ1n) is 13.3. The lowest BCUT2D eigenvalue weighted by Crippen LogP contribution is -2.32. The number of hydrogen-bond acceptors (Lipinski definition) is 7. The lowest BCUT2D eigenvalue weighted by atomic mass is 9.85. The molecule has 3 atom stereocenters. The maximum absolute atomic E-state index is 6.25. The van der Waals surface area contributed by atoms with Gasteiger partial charge in [0.25, 0.3) is 0 Å². The summed E-state index contributed by atoms with van der Waals surface area (Å²) in [7, 11) is 2.06. The largest absolute Gasteiger partial charge is 0.483 e. The standard InChI is InChI=1S/C27H39N7O2/c1-17(2)20-6-5-7-23(14-20)36-18(3)26-30-31-27(33(26)4)19-8-11-22(12-9-19)34-15-24(29-32-34)25-13-10-21(28)16-35-25/h5-7,14-15,17-19,21-22,25H,8-13,16,28H2,1-4H3/t18?,19?,21-,22?,25?/m0/s1. The molecule has 0 radical (unpaired) electrons. The van der Waals surface area contributed by atoms with E-state index in [0.717, 1.165) is 61.6 Å². The van der Waals surface area contributed by atoms with Gasteiger partial charge in [-0.2, -0.15) is 0 Å². The highest BCUT2D eigenvalue weighted by molar-refractivity contribution is 5.30. The molecule has 0 spiro atoms. The molecule has 194 valence electrons. The van der Waals surface area contributed by atoms with E-state index in [1.54, 1.807) is 0 Å². The van der Waals surface area contributed by atoms with Crippen molar-refractivity contribution >= 4 is 0 Å². The maximum Gasteiger partial charge on any atom is 0.173 e. The van der Waals surface area contributed by atoms with Gasteiger partial charge in [-0.1, -0.05) is 31.2 Å². The Bertz CT molecular complexity index is 1140. The van der Waals surface area contributed by atoms with Crippen molar-refractivity contribution in [1.29, 1.82) is 0 Å². The fourth-order valence-electron chi connectivity index (χ4n) is 5.49. The normalized spacial score (nSPS) is 25.7. The molecule has 0 bridgehead atoms. The average molecular weight is 494 g/mol. The monoisotopic (exact) mass is 493 g/mol. The van der Waals surface area contributed by atoms with Crippen LogP contribution in [-0.4, -0.2) is 42.4 Å². The summed E-state index contributed by atoms with van der Waals surface area (Å²) in [6, 6.07) is 8.80. The van der Waals surface area contributed by atoms with Gasteiger partial charge in [-0.25, -0.2) is 4.68 Å². The molecule has 9 nitrogen and oxygen atoms in total. The Morgan fingerprint density at radius 1 is 1.03 bits per heavy atom. The van der Waals surface area contributed by atoms with Crippen LogP contribution in [0.5, 0.6) is 5.75 Å². The second-order valence-corrected chi connectivity index (χ2v) is 10.8. The minimum atomic E-state index is -0.180. The van der Waals surface area contributed by atoms with Crippen LogP contribution in [-0.2, 0) is 11.8 Å². The van der Waals surface area contributed by atoms with Crippen LogP contribution >= 0.6 is 0 Å². The van der Waals surface area contributed by atoms with E-state index in [4.69, 9.17) is 15.2 Å². The summed E-state index contributed by atoms with van der Waals surface area (Å²) in [6.07, 6.45) is 7.96. The van der Waals surface area contributed by atoms with Crippen LogP contribution in [0.2, 0.25) is 0 Å². The second-order valence-electron chi connectivity index (χ2n) is 10.8. The van der Waals surface area contributed by atoms with E-state index in [1.165, 1.54) is 5.56 Å². The van der Waals surface area contributed by atoms with Crippen LogP contribution in [0.3, 0.4) is 0 Å². The van der Waals surface area contributed by atoms with E-state index >= 15 is 0 Å². The molecule has 1 aliphatic heterocycles. The van der Waals surface area contributed by atoms with E-state index < -0.39 is 0 Å². The fourth-order valence-corrected chi connectivity index (χ4v) is 5.49. The fraction of sp³-hybridized carbons (Fsp3) is 0.630. The van der Waals surface area contributed by atoms with Gasteiger partial charge in [-0.05, 0) is 69.1 Å². The topological polar surface area (TPSA) is 106 Å². The predicted octanol–water partition coefficient (Wildman–Crippen LogP) is 4.75. The first-order valence-corrected chi connectivity index (χ1v) is 13.3. The zero-order valence-electron chi connectivity index (χ0n) is 21.9. The number of nitrogens with two attached hydrogens (primary N) is 1. The van der Waals surface area contributed by atoms with Crippen molar-refractivity contribution < 1.29 is 9.47 Å². The molecule has 1 saturated heterocycles. The molecule has 3 heterocycles. The molecule has 5 rings (SSSR count). The van der Waals surface area contributed by atoms with Crippen LogP contribution in [0.25, 0.3) is 0 Å². The Kier molecular flexibility index (Phi) is 7.39. The van der Waals surface area contributed by atoms with Crippen molar-refractivity contribution in [3.63, 3.8) is 0 Å². The average Bonchev–Trinajstić information content (AvgIpc) is 3.52. The third-order valence-electron chi connectivity index (χ3n) is 7.75. The number of nitrogens with zero attached hydrogens (tertiary/aromatic N) is 6. The minimum absolute atomic E-state index is 0.0176. The van der Waals surface area contributed by atoms with Gasteiger partial charge in [-0.3, -0.25) is 0 Å². The Balaban J connectivity index is 1.19. The minimum Gasteiger partial charge on any atom is -0.483 e. The molecular weight excluding hydrogens is 454 g/mol. The molecule has 2 aliphatic rings. The van der Waals surface area contributed by atoms with Gasteiger partial charge in [0.05, 0.1) is 18.8 Å². The predicted molar refractivity (Wildman–Crippen MR) is 137 cm³/mol. The quantitative estimate of drug-likeness (QED) is 0.506. The van der Waals surface area contributed by atoms with Gasteiger partial charge in [0.1, 0.15) is 23.4 Å². The van der Waals surface area contributed by atoms with Crippen LogP contribution < -0.4 is 10.5 Å². The smallest absolute Gasteiger partial charge is 0.173 e. The van der Waals surface area contributed by atoms with Crippen molar-refractivity contribution in [3.05, 3.63) is 53.4 Å². The molecular formula is C27H39N7O2. The molecule has 1 aliphatic carbocycles. The highest BCUT2D eigenvalue weighted by atomic mass is 16.5. The SMILES string of the molecule is CC(C)c1cccc(OC(C)c2nnc(C3CCC(n4cc(C5CC[C@H](N)CO5)nn4)CC3)n2C)c1. The van der Waals surface area contributed by atoms with Gasteiger partial charge in [-0.15, -0.1) is 15.3 Å². The molecule has 1 saturated carbocycles. The van der Waals surface area contributed by atoms with Crippen molar-refractivity contribution in [2.45, 2.75) is 95.4 Å². The summed E-state index contributed by atoms with van der Waals surface area (Å²) >= 11 is 0. The number of rotatable bonds is 7. The molecule has 2 N–H and O–H groups in total. The highest BCUT2D eigenvalue weighted by Gasteiger charge is 2.30. The molecule has 0 amide bonds. The lowest BCUT2D eigenvalue weighted by molar-refractivity contribution is 0.00154. The Hall–Kier alpha value is -2.78. The molecule has 9 heteroatoms. The second kappa shape index (κ2) is 10.7. The molecule has 36 heavy (non-hydrogen) atoms. The molecule has 3 aromatic rings. The van der Waals surface area contributed by atoms with E-state index in [2.05, 4.69) is 64.3 Å². The van der Waals surface area contributed by atoms with Crippen molar-refractivity contribution in [2.24, 2.45) is 12.8 Å². The van der Waals surface area contributed by atoms with E-state index in [1.807, 2.05) is 23.7 Å². The molecule has 2 unspecified atom stereocenters. The summed E-state index contributed by atoms with van der Waals surface area (Å²) in [4.78, 5) is 0. The van der Waals surface area contributed by atoms with E-state index in [0.29, 0.717) is 24.5 Å². The van der Waals surface area contributed by atoms with Crippen molar-refractivity contribution in [1.82, 2.24) is 29.8 Å². The van der Waals surface area contributed by atoms with E-state index in [-0.39, 0.29) is 18.2 Å². The Morgan fingerprint density at radius 3 is 2.56 bits per heavy atom. The molecule has 2 fully saturated rings. The number of ether oxygens (including phenoxy) is 2. The Labute approximate surface area is 213 Å². The first kappa shape index (κ1) is 24.9. The van der Waals surface area contributed by atoms with Gasteiger partial charge in [0.15, 0.2) is 11.9 Å². The van der Waals surface area contributed by atoms with Crippen molar-refractivity contribution in [3.8, 4) is 5.75 Å².